The summed E-state index contributed by atoms with van der Waals surface area (Å²) in [6.07, 6.45) is 0. The molecule has 0 saturated carbocycles. The highest BCUT2D eigenvalue weighted by atomic mass is 16.3. The highest BCUT2D eigenvalue weighted by Crippen LogP contribution is 2.55. The van der Waals surface area contributed by atoms with E-state index in [1.165, 1.54) is 66.6 Å². The third-order valence-electron chi connectivity index (χ3n) is 13.9. The van der Waals surface area contributed by atoms with Crippen LogP contribution in [0.15, 0.2) is 132 Å². The number of anilines is 3. The molecule has 0 N–H and O–H groups in total. The lowest BCUT2D eigenvalue weighted by molar-refractivity contribution is 0.584. The van der Waals surface area contributed by atoms with Gasteiger partial charge in [0.15, 0.2) is 0 Å². The molecule has 1 aromatic heterocycles. The fraction of sp³-hybridized carbons (Fsp3) is 0.276. The van der Waals surface area contributed by atoms with Gasteiger partial charge in [-0.25, -0.2) is 0 Å². The molecule has 0 radical (unpaired) electrons. The van der Waals surface area contributed by atoms with Gasteiger partial charge in [0.05, 0.1) is 5.69 Å². The Morgan fingerprint density at radius 3 is 1.58 bits per heavy atom. The maximum atomic E-state index is 6.93. The molecule has 8 aromatic rings. The number of nitrogens with zero attached hydrogens (tertiary/aromatic N) is 1. The number of furan rings is 1. The number of fused-ring (bicyclic) bond motifs is 9. The molecule has 0 atom stereocenters. The van der Waals surface area contributed by atoms with Crippen LogP contribution in [0.4, 0.5) is 17.1 Å². The summed E-state index contributed by atoms with van der Waals surface area (Å²) in [5, 5.41) is 2.32. The van der Waals surface area contributed by atoms with E-state index < -0.39 is 0 Å². The molecule has 2 aliphatic carbocycles. The van der Waals surface area contributed by atoms with Gasteiger partial charge >= 0.3 is 0 Å². The normalized spacial score (nSPS) is 14.9. The third-order valence-corrected chi connectivity index (χ3v) is 13.9. The molecule has 0 bridgehead atoms. The van der Waals surface area contributed by atoms with Gasteiger partial charge in [-0.2, -0.15) is 0 Å². The van der Waals surface area contributed by atoms with Gasteiger partial charge in [0.25, 0.3) is 0 Å². The second-order valence-electron chi connectivity index (χ2n) is 20.8. The summed E-state index contributed by atoms with van der Waals surface area (Å²) in [5.41, 5.74) is 23.1. The minimum atomic E-state index is -0.179. The van der Waals surface area contributed by atoms with Crippen LogP contribution in [0, 0.1) is 13.8 Å². The van der Waals surface area contributed by atoms with Crippen LogP contribution in [-0.2, 0) is 21.7 Å². The summed E-state index contributed by atoms with van der Waals surface area (Å²) < 4.78 is 6.93. The molecule has 0 fully saturated rings. The number of benzene rings is 7. The molecule has 2 nitrogen and oxygen atoms in total. The van der Waals surface area contributed by atoms with E-state index in [0.29, 0.717) is 0 Å². The lowest BCUT2D eigenvalue weighted by atomic mass is 9.79. The van der Waals surface area contributed by atoms with Gasteiger partial charge in [0, 0.05) is 44.1 Å². The summed E-state index contributed by atoms with van der Waals surface area (Å²) in [7, 11) is 0. The standard InChI is InChI=1S/C58H57NO/c1-34-28-35(2)53-47(29-34)46-18-15-17-45(54(46)60-53)44-25-21-37(56(6,7)8)31-52(44)59(38-22-26-42-40-16-13-14-19-48(40)57(9,10)50(42)32-38)39-23-27-43-41-24-20-36(55(3,4)5)30-49(41)58(11,12)51(43)33-39/h13-33H,1-12H3. The first-order valence-electron chi connectivity index (χ1n) is 21.8. The topological polar surface area (TPSA) is 16.4 Å². The van der Waals surface area contributed by atoms with Gasteiger partial charge in [-0.3, -0.25) is 0 Å². The summed E-state index contributed by atoms with van der Waals surface area (Å²) in [4.78, 5) is 2.54. The van der Waals surface area contributed by atoms with Crippen molar-refractivity contribution in [3.8, 4) is 33.4 Å². The zero-order valence-corrected chi connectivity index (χ0v) is 37.5. The molecular weight excluding hydrogens is 727 g/mol. The summed E-state index contributed by atoms with van der Waals surface area (Å²) in [5.74, 6) is 0. The van der Waals surface area contributed by atoms with Gasteiger partial charge in [-0.15, -0.1) is 0 Å². The van der Waals surface area contributed by atoms with E-state index in [2.05, 4.69) is 215 Å². The van der Waals surface area contributed by atoms with E-state index in [0.717, 1.165) is 50.3 Å². The predicted octanol–water partition coefficient (Wildman–Crippen LogP) is 16.5. The van der Waals surface area contributed by atoms with Crippen molar-refractivity contribution in [2.24, 2.45) is 0 Å². The highest BCUT2D eigenvalue weighted by Gasteiger charge is 2.39. The fourth-order valence-electron chi connectivity index (χ4n) is 10.5. The maximum Gasteiger partial charge on any atom is 0.143 e. The molecule has 0 spiro atoms. The number of aryl methyl sites for hydroxylation is 2. The van der Waals surface area contributed by atoms with Crippen LogP contribution in [-0.4, -0.2) is 0 Å². The van der Waals surface area contributed by atoms with E-state index in [1.54, 1.807) is 0 Å². The van der Waals surface area contributed by atoms with Crippen LogP contribution in [0.1, 0.15) is 114 Å². The monoisotopic (exact) mass is 783 g/mol. The van der Waals surface area contributed by atoms with E-state index in [4.69, 9.17) is 4.42 Å². The van der Waals surface area contributed by atoms with Crippen LogP contribution in [0.2, 0.25) is 0 Å². The molecule has 0 saturated heterocycles. The van der Waals surface area contributed by atoms with Crippen molar-refractivity contribution in [2.45, 2.75) is 105 Å². The summed E-state index contributed by atoms with van der Waals surface area (Å²) in [6, 6.07) is 48.8. The minimum Gasteiger partial charge on any atom is -0.455 e. The Morgan fingerprint density at radius 2 is 0.950 bits per heavy atom. The molecule has 2 aliphatic rings. The van der Waals surface area contributed by atoms with Crippen LogP contribution in [0.5, 0.6) is 0 Å². The maximum absolute atomic E-state index is 6.93. The molecule has 7 aromatic carbocycles. The Morgan fingerprint density at radius 1 is 0.433 bits per heavy atom. The molecule has 1 heterocycles. The van der Waals surface area contributed by atoms with E-state index >= 15 is 0 Å². The largest absolute Gasteiger partial charge is 0.455 e. The van der Waals surface area contributed by atoms with E-state index in [1.807, 2.05) is 0 Å². The minimum absolute atomic E-state index is 0.0670. The van der Waals surface area contributed by atoms with Gasteiger partial charge in [0.1, 0.15) is 11.2 Å². The lowest BCUT2D eigenvalue weighted by Gasteiger charge is -2.32. The predicted molar refractivity (Wildman–Crippen MR) is 256 cm³/mol. The van der Waals surface area contributed by atoms with Gasteiger partial charge in [-0.1, -0.05) is 160 Å². The molecule has 0 aliphatic heterocycles. The highest BCUT2D eigenvalue weighted by molar-refractivity contribution is 6.12. The Bertz CT molecular complexity index is 3080. The van der Waals surface area contributed by atoms with Gasteiger partial charge < -0.3 is 9.32 Å². The van der Waals surface area contributed by atoms with Crippen molar-refractivity contribution < 1.29 is 4.42 Å². The summed E-state index contributed by atoms with van der Waals surface area (Å²) >= 11 is 0. The average Bonchev–Trinajstić information content (AvgIpc) is 3.77. The van der Waals surface area contributed by atoms with Crippen LogP contribution in [0.3, 0.4) is 0 Å². The van der Waals surface area contributed by atoms with Crippen molar-refractivity contribution in [2.75, 3.05) is 4.90 Å². The molecule has 2 heteroatoms. The Hall–Kier alpha value is -5.86. The second-order valence-corrected chi connectivity index (χ2v) is 20.8. The number of rotatable bonds is 4. The SMILES string of the molecule is Cc1cc(C)c2oc3c(-c4ccc(C(C)(C)C)cc4N(c4ccc5c(c4)C(C)(C)c4ccccc4-5)c4ccc5c(c4)C(C)(C)c4cc(C(C)(C)C)ccc4-5)cccc3c2c1. The quantitative estimate of drug-likeness (QED) is 0.177. The Labute approximate surface area is 356 Å². The smallest absolute Gasteiger partial charge is 0.143 e. The Balaban J connectivity index is 1.25. The van der Waals surface area contributed by atoms with Crippen LogP contribution in [0.25, 0.3) is 55.3 Å². The number of para-hydroxylation sites is 1. The lowest BCUT2D eigenvalue weighted by Crippen LogP contribution is -2.19. The van der Waals surface area contributed by atoms with Crippen molar-refractivity contribution in [3.63, 3.8) is 0 Å². The third kappa shape index (κ3) is 5.67. The Kier molecular flexibility index (Phi) is 8.20. The van der Waals surface area contributed by atoms with E-state index in [-0.39, 0.29) is 21.7 Å². The first-order chi connectivity index (χ1) is 28.3. The summed E-state index contributed by atoms with van der Waals surface area (Å²) in [6.45, 7) is 27.8. The van der Waals surface area contributed by atoms with Crippen molar-refractivity contribution >= 4 is 39.0 Å². The molecule has 0 unspecified atom stereocenters. The molecule has 300 valence electrons. The van der Waals surface area contributed by atoms with Crippen molar-refractivity contribution in [1.82, 2.24) is 0 Å². The van der Waals surface area contributed by atoms with E-state index in [9.17, 15) is 0 Å². The molecule has 60 heavy (non-hydrogen) atoms. The first-order valence-corrected chi connectivity index (χ1v) is 21.8. The zero-order valence-electron chi connectivity index (χ0n) is 37.5. The molecule has 0 amide bonds. The second kappa shape index (κ2) is 12.8. The fourth-order valence-corrected chi connectivity index (χ4v) is 10.5. The van der Waals surface area contributed by atoms with Gasteiger partial charge in [-0.05, 0) is 128 Å². The molecule has 10 rings (SSSR count). The average molecular weight is 784 g/mol. The van der Waals surface area contributed by atoms with Crippen LogP contribution < -0.4 is 4.90 Å². The number of hydrogen-bond donors (Lipinski definition) is 0. The van der Waals surface area contributed by atoms with Crippen molar-refractivity contribution in [1.29, 1.82) is 0 Å². The number of hydrogen-bond acceptors (Lipinski definition) is 2. The van der Waals surface area contributed by atoms with Crippen LogP contribution >= 0.6 is 0 Å². The zero-order chi connectivity index (χ0) is 42.3. The molecular formula is C58H57NO. The first kappa shape index (κ1) is 38.3. The van der Waals surface area contributed by atoms with Crippen molar-refractivity contribution in [3.05, 3.63) is 172 Å². The van der Waals surface area contributed by atoms with Gasteiger partial charge in [0.2, 0.25) is 0 Å².